The molecule has 0 saturated heterocycles. The van der Waals surface area contributed by atoms with Crippen LogP contribution in [0.3, 0.4) is 0 Å². The summed E-state index contributed by atoms with van der Waals surface area (Å²) in [6.45, 7) is 0. The highest BCUT2D eigenvalue weighted by molar-refractivity contribution is 7.80. The molecule has 2 N–H and O–H groups in total. The Labute approximate surface area is 131 Å². The highest BCUT2D eigenvalue weighted by Gasteiger charge is 2.25. The third-order valence-electron chi connectivity index (χ3n) is 4.46. The van der Waals surface area contributed by atoms with Crippen LogP contribution in [0.4, 0.5) is 0 Å². The molecule has 1 fully saturated rings. The molecule has 1 aromatic rings. The Kier molecular flexibility index (Phi) is 4.47. The van der Waals surface area contributed by atoms with Crippen LogP contribution >= 0.6 is 23.8 Å². The van der Waals surface area contributed by atoms with Gasteiger partial charge in [-0.2, -0.15) is 0 Å². The molecule has 2 nitrogen and oxygen atoms in total. The summed E-state index contributed by atoms with van der Waals surface area (Å²) < 4.78 is 0. The van der Waals surface area contributed by atoms with Crippen LogP contribution in [-0.2, 0) is 6.42 Å². The third kappa shape index (κ3) is 3.09. The first-order valence-electron chi connectivity index (χ1n) is 7.58. The Morgan fingerprint density at radius 2 is 1.90 bits per heavy atom. The summed E-state index contributed by atoms with van der Waals surface area (Å²) in [5.74, 6) is 0. The minimum Gasteiger partial charge on any atom is -0.360 e. The molecular weight excluding hydrogens is 288 g/mol. The third-order valence-corrected chi connectivity index (χ3v) is 5.05. The van der Waals surface area contributed by atoms with E-state index in [1.54, 1.807) is 0 Å². The molecule has 108 valence electrons. The predicted molar refractivity (Wildman–Crippen MR) is 88.3 cm³/mol. The van der Waals surface area contributed by atoms with Crippen LogP contribution in [0.5, 0.6) is 0 Å². The first-order valence-corrected chi connectivity index (χ1v) is 8.37. The van der Waals surface area contributed by atoms with Crippen LogP contribution in [0.2, 0.25) is 5.02 Å². The highest BCUT2D eigenvalue weighted by Crippen LogP contribution is 2.35. The fourth-order valence-corrected chi connectivity index (χ4v) is 3.98. The van der Waals surface area contributed by atoms with Crippen molar-refractivity contribution in [2.75, 3.05) is 0 Å². The molecule has 0 spiro atoms. The van der Waals surface area contributed by atoms with E-state index in [4.69, 9.17) is 23.8 Å². The number of halogens is 1. The van der Waals surface area contributed by atoms with Gasteiger partial charge in [0.25, 0.3) is 0 Å². The van der Waals surface area contributed by atoms with Crippen molar-refractivity contribution >= 4 is 28.9 Å². The zero-order valence-corrected chi connectivity index (χ0v) is 13.2. The topological polar surface area (TPSA) is 24.1 Å². The molecule has 1 aromatic carbocycles. The van der Waals surface area contributed by atoms with E-state index in [-0.39, 0.29) is 0 Å². The highest BCUT2D eigenvalue weighted by atomic mass is 35.5. The Morgan fingerprint density at radius 3 is 2.70 bits per heavy atom. The molecule has 3 rings (SSSR count). The van der Waals surface area contributed by atoms with Crippen LogP contribution < -0.4 is 10.6 Å². The van der Waals surface area contributed by atoms with Gasteiger partial charge in [0.15, 0.2) is 5.11 Å². The second-order valence-electron chi connectivity index (χ2n) is 5.85. The fraction of sp³-hybridized carbons (Fsp3) is 0.562. The van der Waals surface area contributed by atoms with Gasteiger partial charge in [0.2, 0.25) is 0 Å². The van der Waals surface area contributed by atoms with Gasteiger partial charge in [0.05, 0.1) is 6.04 Å². The standard InChI is InChI=1S/C16H21ClN2S/c17-14-8-4-7-13-12(14)9-10-15(13)19-16(20)18-11-5-2-1-3-6-11/h4,7-8,11,15H,1-3,5-6,9-10H2,(H2,18,19,20). The van der Waals surface area contributed by atoms with Crippen LogP contribution in [0.25, 0.3) is 0 Å². The summed E-state index contributed by atoms with van der Waals surface area (Å²) >= 11 is 11.7. The maximum Gasteiger partial charge on any atom is 0.166 e. The van der Waals surface area contributed by atoms with Gasteiger partial charge >= 0.3 is 0 Å². The molecule has 1 unspecified atom stereocenters. The number of nitrogens with one attached hydrogen (secondary N) is 2. The average molecular weight is 309 g/mol. The van der Waals surface area contributed by atoms with E-state index in [0.717, 1.165) is 23.0 Å². The van der Waals surface area contributed by atoms with Crippen molar-refractivity contribution in [1.29, 1.82) is 0 Å². The lowest BCUT2D eigenvalue weighted by atomic mass is 9.96. The largest absolute Gasteiger partial charge is 0.360 e. The normalized spacial score (nSPS) is 22.4. The van der Waals surface area contributed by atoms with Crippen molar-refractivity contribution in [3.05, 3.63) is 34.3 Å². The Hall–Kier alpha value is -0.800. The van der Waals surface area contributed by atoms with Crippen molar-refractivity contribution in [1.82, 2.24) is 10.6 Å². The summed E-state index contributed by atoms with van der Waals surface area (Å²) in [5, 5.41) is 8.64. The van der Waals surface area contributed by atoms with Crippen LogP contribution in [0, 0.1) is 0 Å². The summed E-state index contributed by atoms with van der Waals surface area (Å²) in [4.78, 5) is 0. The Morgan fingerprint density at radius 1 is 1.10 bits per heavy atom. The lowest BCUT2D eigenvalue weighted by Crippen LogP contribution is -2.43. The SMILES string of the molecule is S=C(NC1CCCCC1)NC1CCc2c(Cl)cccc21. The van der Waals surface area contributed by atoms with Gasteiger partial charge in [-0.1, -0.05) is 43.0 Å². The molecular formula is C16H21ClN2S. The maximum atomic E-state index is 6.25. The van der Waals surface area contributed by atoms with E-state index in [0.29, 0.717) is 12.1 Å². The van der Waals surface area contributed by atoms with Gasteiger partial charge in [-0.25, -0.2) is 0 Å². The first kappa shape index (κ1) is 14.2. The minimum atomic E-state index is 0.312. The smallest absolute Gasteiger partial charge is 0.166 e. The van der Waals surface area contributed by atoms with Crippen LogP contribution in [0.1, 0.15) is 55.7 Å². The average Bonchev–Trinajstić information content (AvgIpc) is 2.84. The molecule has 0 heterocycles. The second-order valence-corrected chi connectivity index (χ2v) is 6.67. The van der Waals surface area contributed by atoms with Crippen molar-refractivity contribution in [3.8, 4) is 0 Å². The van der Waals surface area contributed by atoms with Crippen molar-refractivity contribution < 1.29 is 0 Å². The fourth-order valence-electron chi connectivity index (χ4n) is 3.39. The van der Waals surface area contributed by atoms with Gasteiger partial charge in [0, 0.05) is 11.1 Å². The lowest BCUT2D eigenvalue weighted by Gasteiger charge is -2.26. The zero-order chi connectivity index (χ0) is 13.9. The molecule has 0 radical (unpaired) electrons. The summed E-state index contributed by atoms with van der Waals surface area (Å²) in [6.07, 6.45) is 8.62. The van der Waals surface area contributed by atoms with Gasteiger partial charge in [-0.05, 0) is 55.1 Å². The van der Waals surface area contributed by atoms with Gasteiger partial charge in [0.1, 0.15) is 0 Å². The van der Waals surface area contributed by atoms with E-state index >= 15 is 0 Å². The van der Waals surface area contributed by atoms with Crippen LogP contribution in [-0.4, -0.2) is 11.2 Å². The summed E-state index contributed by atoms with van der Waals surface area (Å²) in [7, 11) is 0. The van der Waals surface area contributed by atoms with Gasteiger partial charge < -0.3 is 10.6 Å². The molecule has 1 saturated carbocycles. The molecule has 2 aliphatic carbocycles. The number of rotatable bonds is 2. The monoisotopic (exact) mass is 308 g/mol. The van der Waals surface area contributed by atoms with Gasteiger partial charge in [-0.3, -0.25) is 0 Å². The van der Waals surface area contributed by atoms with E-state index in [1.165, 1.54) is 43.2 Å². The van der Waals surface area contributed by atoms with Gasteiger partial charge in [-0.15, -0.1) is 0 Å². The van der Waals surface area contributed by atoms with E-state index in [2.05, 4.69) is 16.7 Å². The maximum absolute atomic E-state index is 6.25. The molecule has 2 aliphatic rings. The van der Waals surface area contributed by atoms with Crippen molar-refractivity contribution in [2.24, 2.45) is 0 Å². The predicted octanol–water partition coefficient (Wildman–Crippen LogP) is 4.12. The summed E-state index contributed by atoms with van der Waals surface area (Å²) in [6, 6.07) is 7.03. The number of benzene rings is 1. The molecule has 0 amide bonds. The van der Waals surface area contributed by atoms with E-state index in [1.807, 2.05) is 12.1 Å². The molecule has 1 atom stereocenters. The Bertz CT molecular complexity index is 497. The van der Waals surface area contributed by atoms with E-state index in [9.17, 15) is 0 Å². The molecule has 4 heteroatoms. The van der Waals surface area contributed by atoms with Crippen molar-refractivity contribution in [3.63, 3.8) is 0 Å². The number of hydrogen-bond acceptors (Lipinski definition) is 1. The molecule has 0 aliphatic heterocycles. The number of fused-ring (bicyclic) bond motifs is 1. The second kappa shape index (κ2) is 6.31. The molecule has 0 bridgehead atoms. The number of thiocarbonyl (C=S) groups is 1. The minimum absolute atomic E-state index is 0.312. The molecule has 0 aromatic heterocycles. The number of hydrogen-bond donors (Lipinski definition) is 2. The first-order chi connectivity index (χ1) is 9.74. The van der Waals surface area contributed by atoms with Crippen molar-refractivity contribution in [2.45, 2.75) is 57.0 Å². The van der Waals surface area contributed by atoms with Crippen LogP contribution in [0.15, 0.2) is 18.2 Å². The lowest BCUT2D eigenvalue weighted by molar-refractivity contribution is 0.410. The quantitative estimate of drug-likeness (QED) is 0.804. The summed E-state index contributed by atoms with van der Waals surface area (Å²) in [5.41, 5.74) is 2.59. The zero-order valence-electron chi connectivity index (χ0n) is 11.6. The molecule has 20 heavy (non-hydrogen) atoms. The van der Waals surface area contributed by atoms with E-state index < -0.39 is 0 Å². The Balaban J connectivity index is 1.59.